The lowest BCUT2D eigenvalue weighted by molar-refractivity contribution is 0.384. The lowest BCUT2D eigenvalue weighted by atomic mass is 10.1. The van der Waals surface area contributed by atoms with Crippen molar-refractivity contribution in [3.8, 4) is 5.69 Å². The van der Waals surface area contributed by atoms with Gasteiger partial charge < -0.3 is 4.90 Å². The van der Waals surface area contributed by atoms with Crippen molar-refractivity contribution in [2.24, 2.45) is 0 Å². The molecule has 2 aromatic heterocycles. The minimum Gasteiger partial charge on any atom is -0.353 e. The summed E-state index contributed by atoms with van der Waals surface area (Å²) in [5.41, 5.74) is 4.72. The summed E-state index contributed by atoms with van der Waals surface area (Å²) >= 11 is 0. The molecule has 0 radical (unpaired) electrons. The van der Waals surface area contributed by atoms with E-state index >= 15 is 0 Å². The third kappa shape index (κ3) is 4.96. The largest absolute Gasteiger partial charge is 0.353 e. The fourth-order valence-corrected chi connectivity index (χ4v) is 6.47. The summed E-state index contributed by atoms with van der Waals surface area (Å²) in [6, 6.07) is 23.2. The van der Waals surface area contributed by atoms with Crippen molar-refractivity contribution in [1.82, 2.24) is 24.1 Å². The number of rotatable bonds is 6. The molecule has 3 aromatic carbocycles. The summed E-state index contributed by atoms with van der Waals surface area (Å²) in [7, 11) is -3.73. The number of sulfonamides is 1. The van der Waals surface area contributed by atoms with E-state index in [-0.39, 0.29) is 18.0 Å². The zero-order valence-electron chi connectivity index (χ0n) is 22.3. The third-order valence-corrected chi connectivity index (χ3v) is 9.12. The van der Waals surface area contributed by atoms with E-state index < -0.39 is 15.8 Å². The third-order valence-electron chi connectivity index (χ3n) is 7.20. The van der Waals surface area contributed by atoms with Gasteiger partial charge in [-0.15, -0.1) is 0 Å². The second-order valence-electron chi connectivity index (χ2n) is 10.0. The molecule has 1 aliphatic rings. The van der Waals surface area contributed by atoms with Crippen molar-refractivity contribution in [3.63, 3.8) is 0 Å². The molecule has 8 nitrogen and oxygen atoms in total. The topological polar surface area (TPSA) is 84.2 Å². The number of halogens is 1. The molecular weight excluding hydrogens is 527 g/mol. The van der Waals surface area contributed by atoms with Crippen LogP contribution in [0.2, 0.25) is 0 Å². The molecule has 10 heteroatoms. The molecule has 3 heterocycles. The average Bonchev–Trinajstić information content (AvgIpc) is 3.31. The molecule has 1 saturated heterocycles. The van der Waals surface area contributed by atoms with Crippen LogP contribution in [0.15, 0.2) is 83.8 Å². The number of aryl methyl sites for hydroxylation is 2. The Morgan fingerprint density at radius 1 is 0.825 bits per heavy atom. The van der Waals surface area contributed by atoms with E-state index in [9.17, 15) is 12.8 Å². The number of fused-ring (bicyclic) bond motifs is 1. The molecule has 0 N–H and O–H groups in total. The van der Waals surface area contributed by atoms with E-state index in [1.807, 2.05) is 41.9 Å². The monoisotopic (exact) mass is 556 g/mol. The first-order chi connectivity index (χ1) is 19.3. The molecule has 0 bridgehead atoms. The van der Waals surface area contributed by atoms with Crippen LogP contribution in [0.25, 0.3) is 16.7 Å². The van der Waals surface area contributed by atoms with Gasteiger partial charge in [0.15, 0.2) is 5.65 Å². The molecule has 1 fully saturated rings. The van der Waals surface area contributed by atoms with E-state index in [0.29, 0.717) is 25.3 Å². The highest BCUT2D eigenvalue weighted by Crippen LogP contribution is 2.31. The second-order valence-corrected chi connectivity index (χ2v) is 11.9. The average molecular weight is 557 g/mol. The van der Waals surface area contributed by atoms with Crippen LogP contribution >= 0.6 is 0 Å². The van der Waals surface area contributed by atoms with Gasteiger partial charge in [-0.25, -0.2) is 27.5 Å². The van der Waals surface area contributed by atoms with Crippen LogP contribution in [-0.4, -0.2) is 58.7 Å². The summed E-state index contributed by atoms with van der Waals surface area (Å²) in [6.45, 7) is 5.47. The van der Waals surface area contributed by atoms with Gasteiger partial charge in [0.2, 0.25) is 10.0 Å². The number of piperazine rings is 1. The number of hydrogen-bond acceptors (Lipinski definition) is 6. The highest BCUT2D eigenvalue weighted by molar-refractivity contribution is 7.89. The first kappa shape index (κ1) is 26.1. The van der Waals surface area contributed by atoms with Gasteiger partial charge in [-0.1, -0.05) is 48.0 Å². The van der Waals surface area contributed by atoms with Crippen LogP contribution in [0.3, 0.4) is 0 Å². The Morgan fingerprint density at radius 2 is 1.50 bits per heavy atom. The van der Waals surface area contributed by atoms with E-state index in [1.54, 1.807) is 0 Å². The predicted octanol–water partition coefficient (Wildman–Crippen LogP) is 4.67. The maximum absolute atomic E-state index is 13.4. The molecule has 40 heavy (non-hydrogen) atoms. The molecule has 0 amide bonds. The fourth-order valence-electron chi connectivity index (χ4n) is 5.05. The highest BCUT2D eigenvalue weighted by atomic mass is 32.2. The molecule has 204 valence electrons. The molecule has 0 spiro atoms. The molecule has 5 aromatic rings. The Bertz CT molecular complexity index is 1760. The van der Waals surface area contributed by atoms with Crippen LogP contribution in [0.4, 0.5) is 10.2 Å². The van der Waals surface area contributed by atoms with E-state index in [1.165, 1.54) is 34.1 Å². The van der Waals surface area contributed by atoms with E-state index in [4.69, 9.17) is 15.1 Å². The van der Waals surface area contributed by atoms with E-state index in [2.05, 4.69) is 36.1 Å². The quantitative estimate of drug-likeness (QED) is 0.302. The Morgan fingerprint density at radius 3 is 2.17 bits per heavy atom. The SMILES string of the molecule is Cc1ccc(Cc2nc(N3CCN(S(=O)(=O)c4ccc(F)cc4)CC3)c3c(C)nn(-c4ccccc4)c3n2)cc1. The Kier molecular flexibility index (Phi) is 6.81. The standard InChI is InChI=1S/C30H29FN6O2S/c1-21-8-10-23(11-9-21)20-27-32-29(28-22(2)34-37(30(28)33-27)25-6-4-3-5-7-25)35-16-18-36(19-17-35)40(38,39)26-14-12-24(31)13-15-26/h3-15H,16-20H2,1-2H3. The molecule has 1 aliphatic heterocycles. The maximum atomic E-state index is 13.4. The van der Waals surface area contributed by atoms with Crippen LogP contribution in [0, 0.1) is 19.7 Å². The van der Waals surface area contributed by atoms with Crippen LogP contribution in [-0.2, 0) is 16.4 Å². The van der Waals surface area contributed by atoms with Crippen molar-refractivity contribution in [3.05, 3.63) is 107 Å². The first-order valence-electron chi connectivity index (χ1n) is 13.2. The minimum atomic E-state index is -3.73. The molecular formula is C30H29FN6O2S. The van der Waals surface area contributed by atoms with Crippen LogP contribution in [0.5, 0.6) is 0 Å². The minimum absolute atomic E-state index is 0.0899. The zero-order chi connectivity index (χ0) is 27.9. The Labute approximate surface area is 232 Å². The van der Waals surface area contributed by atoms with Gasteiger partial charge in [-0.2, -0.15) is 9.40 Å². The summed E-state index contributed by atoms with van der Waals surface area (Å²) in [5, 5.41) is 5.68. The Hall–Kier alpha value is -4.15. The van der Waals surface area contributed by atoms with Gasteiger partial charge in [0.1, 0.15) is 17.5 Å². The van der Waals surface area contributed by atoms with Crippen molar-refractivity contribution < 1.29 is 12.8 Å². The van der Waals surface area contributed by atoms with Gasteiger partial charge >= 0.3 is 0 Å². The summed E-state index contributed by atoms with van der Waals surface area (Å²) in [6.07, 6.45) is 0.557. The van der Waals surface area contributed by atoms with Gasteiger partial charge in [-0.3, -0.25) is 0 Å². The number of nitrogens with zero attached hydrogens (tertiary/aromatic N) is 6. The normalized spacial score (nSPS) is 14.6. The number of hydrogen-bond donors (Lipinski definition) is 0. The van der Waals surface area contributed by atoms with Crippen molar-refractivity contribution >= 4 is 26.9 Å². The highest BCUT2D eigenvalue weighted by Gasteiger charge is 2.31. The fraction of sp³-hybridized carbons (Fsp3) is 0.233. The second kappa shape index (κ2) is 10.4. The van der Waals surface area contributed by atoms with E-state index in [0.717, 1.165) is 33.8 Å². The first-order valence-corrected chi connectivity index (χ1v) is 14.6. The molecule has 6 rings (SSSR count). The molecule has 0 aliphatic carbocycles. The van der Waals surface area contributed by atoms with Gasteiger partial charge in [-0.05, 0) is 55.8 Å². The molecule has 0 saturated carbocycles. The number of para-hydroxylation sites is 1. The number of benzene rings is 3. The lowest BCUT2D eigenvalue weighted by Crippen LogP contribution is -2.49. The summed E-state index contributed by atoms with van der Waals surface area (Å²) in [5.74, 6) is 0.958. The van der Waals surface area contributed by atoms with Crippen LogP contribution in [0.1, 0.15) is 22.6 Å². The smallest absolute Gasteiger partial charge is 0.243 e. The predicted molar refractivity (Wildman–Crippen MR) is 153 cm³/mol. The van der Waals surface area contributed by atoms with Gasteiger partial charge in [0.05, 0.1) is 21.7 Å². The molecule has 0 unspecified atom stereocenters. The van der Waals surface area contributed by atoms with Crippen molar-refractivity contribution in [2.45, 2.75) is 25.2 Å². The summed E-state index contributed by atoms with van der Waals surface area (Å²) in [4.78, 5) is 12.2. The van der Waals surface area contributed by atoms with Crippen molar-refractivity contribution in [2.75, 3.05) is 31.1 Å². The lowest BCUT2D eigenvalue weighted by Gasteiger charge is -2.35. The van der Waals surface area contributed by atoms with Crippen molar-refractivity contribution in [1.29, 1.82) is 0 Å². The maximum Gasteiger partial charge on any atom is 0.243 e. The number of anilines is 1. The van der Waals surface area contributed by atoms with Crippen LogP contribution < -0.4 is 4.90 Å². The number of aromatic nitrogens is 4. The van der Waals surface area contributed by atoms with Gasteiger partial charge in [0, 0.05) is 32.6 Å². The zero-order valence-corrected chi connectivity index (χ0v) is 23.1. The Balaban J connectivity index is 1.37. The molecule has 0 atom stereocenters. The van der Waals surface area contributed by atoms with Gasteiger partial charge in [0.25, 0.3) is 0 Å². The summed E-state index contributed by atoms with van der Waals surface area (Å²) < 4.78 is 43.1.